The number of carbonyl (C=O) groups excluding carboxylic acids is 2. The topological polar surface area (TPSA) is 91.0 Å². The molecule has 0 spiro atoms. The average Bonchev–Trinajstić information content (AvgIpc) is 3.19. The van der Waals surface area contributed by atoms with Gasteiger partial charge in [-0.15, -0.1) is 0 Å². The van der Waals surface area contributed by atoms with E-state index in [4.69, 9.17) is 12.2 Å². The molecule has 0 aliphatic rings. The highest BCUT2D eigenvalue weighted by Crippen LogP contribution is 2.15. The first-order valence-electron chi connectivity index (χ1n) is 10.4. The second-order valence-corrected chi connectivity index (χ2v) is 7.87. The Kier molecular flexibility index (Phi) is 6.66. The molecule has 7 nitrogen and oxygen atoms in total. The number of aromatic nitrogens is 2. The van der Waals surface area contributed by atoms with E-state index < -0.39 is 0 Å². The van der Waals surface area contributed by atoms with Crippen molar-refractivity contribution in [2.75, 3.05) is 10.6 Å². The minimum Gasteiger partial charge on any atom is -0.347 e. The van der Waals surface area contributed by atoms with Gasteiger partial charge < -0.3 is 20.9 Å². The summed E-state index contributed by atoms with van der Waals surface area (Å²) in [5.74, 6) is -0.262. The summed E-state index contributed by atoms with van der Waals surface area (Å²) in [5, 5.41) is 8.54. The van der Waals surface area contributed by atoms with Crippen LogP contribution in [0.2, 0.25) is 0 Å². The van der Waals surface area contributed by atoms with Crippen LogP contribution in [-0.2, 0) is 6.54 Å². The lowest BCUT2D eigenvalue weighted by molar-refractivity contribution is 0.0944. The van der Waals surface area contributed by atoms with Crippen LogP contribution >= 0.6 is 12.2 Å². The maximum absolute atomic E-state index is 12.8. The van der Waals surface area contributed by atoms with E-state index in [1.165, 1.54) is 0 Å². The van der Waals surface area contributed by atoms with Crippen molar-refractivity contribution < 1.29 is 9.59 Å². The number of carbonyl (C=O) groups is 2. The minimum atomic E-state index is -0.337. The van der Waals surface area contributed by atoms with Gasteiger partial charge in [0.25, 0.3) is 5.91 Å². The predicted molar refractivity (Wildman–Crippen MR) is 132 cm³/mol. The van der Waals surface area contributed by atoms with Gasteiger partial charge in [0, 0.05) is 29.8 Å². The quantitative estimate of drug-likeness (QED) is 0.292. The first kappa shape index (κ1) is 22.0. The Morgan fingerprint density at radius 3 is 2.33 bits per heavy atom. The monoisotopic (exact) mass is 457 g/mol. The summed E-state index contributed by atoms with van der Waals surface area (Å²) in [4.78, 5) is 28.1. The largest absolute Gasteiger partial charge is 0.347 e. The van der Waals surface area contributed by atoms with Gasteiger partial charge in [-0.05, 0) is 66.7 Å². The van der Waals surface area contributed by atoms with E-state index in [-0.39, 0.29) is 11.9 Å². The molecule has 1 heterocycles. The number of urea groups is 1. The zero-order valence-electron chi connectivity index (χ0n) is 18.0. The Labute approximate surface area is 196 Å². The van der Waals surface area contributed by atoms with Crippen molar-refractivity contribution in [2.24, 2.45) is 0 Å². The van der Waals surface area contributed by atoms with Gasteiger partial charge in [-0.3, -0.25) is 9.36 Å². The number of amides is 3. The van der Waals surface area contributed by atoms with E-state index in [9.17, 15) is 9.59 Å². The first-order valence-corrected chi connectivity index (χ1v) is 10.8. The normalized spacial score (nSPS) is 10.5. The van der Waals surface area contributed by atoms with Crippen LogP contribution in [0, 0.1) is 11.7 Å². The molecule has 0 atom stereocenters. The highest BCUT2D eigenvalue weighted by Gasteiger charge is 2.14. The SMILES string of the molecule is Cc1cccc(NC(=O)Nc2cccc(CNC(=O)c3c[nH]c(=S)n3-c3ccccc3)c2)c1. The number of aryl methyl sites for hydroxylation is 1. The highest BCUT2D eigenvalue weighted by molar-refractivity contribution is 7.71. The van der Waals surface area contributed by atoms with Crippen LogP contribution < -0.4 is 16.0 Å². The van der Waals surface area contributed by atoms with Crippen LogP contribution in [0.1, 0.15) is 21.6 Å². The number of aromatic amines is 1. The molecule has 4 rings (SSSR count). The molecule has 33 heavy (non-hydrogen) atoms. The smallest absolute Gasteiger partial charge is 0.323 e. The highest BCUT2D eigenvalue weighted by atomic mass is 32.1. The van der Waals surface area contributed by atoms with Crippen LogP contribution in [0.4, 0.5) is 16.2 Å². The zero-order chi connectivity index (χ0) is 23.2. The molecule has 4 aromatic rings. The molecule has 0 aliphatic carbocycles. The fourth-order valence-electron chi connectivity index (χ4n) is 3.42. The van der Waals surface area contributed by atoms with Crippen LogP contribution in [0.5, 0.6) is 0 Å². The van der Waals surface area contributed by atoms with Gasteiger partial charge in [-0.2, -0.15) is 0 Å². The number of hydrogen-bond acceptors (Lipinski definition) is 3. The van der Waals surface area contributed by atoms with Crippen molar-refractivity contribution >= 4 is 35.5 Å². The van der Waals surface area contributed by atoms with Gasteiger partial charge in [0.05, 0.1) is 0 Å². The first-order chi connectivity index (χ1) is 16.0. The van der Waals surface area contributed by atoms with Crippen LogP contribution in [-0.4, -0.2) is 21.5 Å². The number of benzene rings is 3. The van der Waals surface area contributed by atoms with Crippen LogP contribution in [0.15, 0.2) is 85.1 Å². The van der Waals surface area contributed by atoms with E-state index in [1.807, 2.05) is 79.7 Å². The number of imidazole rings is 1. The Morgan fingerprint density at radius 1 is 0.909 bits per heavy atom. The minimum absolute atomic E-state index is 0.262. The van der Waals surface area contributed by atoms with Gasteiger partial charge in [0.2, 0.25) is 0 Å². The number of nitrogens with one attached hydrogen (secondary N) is 4. The molecule has 0 bridgehead atoms. The summed E-state index contributed by atoms with van der Waals surface area (Å²) < 4.78 is 2.13. The average molecular weight is 458 g/mol. The number of H-pyrrole nitrogens is 1. The summed E-state index contributed by atoms with van der Waals surface area (Å²) in [7, 11) is 0. The molecule has 1 aromatic heterocycles. The van der Waals surface area contributed by atoms with E-state index in [2.05, 4.69) is 20.9 Å². The molecule has 0 saturated heterocycles. The van der Waals surface area contributed by atoms with Crippen LogP contribution in [0.3, 0.4) is 0 Å². The molecule has 0 fully saturated rings. The van der Waals surface area contributed by atoms with Crippen molar-refractivity contribution in [2.45, 2.75) is 13.5 Å². The molecule has 3 amide bonds. The van der Waals surface area contributed by atoms with Crippen molar-refractivity contribution in [1.29, 1.82) is 0 Å². The number of hydrogen-bond donors (Lipinski definition) is 4. The molecular weight excluding hydrogens is 434 g/mol. The number of nitrogens with zero attached hydrogens (tertiary/aromatic N) is 1. The second kappa shape index (κ2) is 9.97. The molecule has 4 N–H and O–H groups in total. The maximum Gasteiger partial charge on any atom is 0.323 e. The Morgan fingerprint density at radius 2 is 1.61 bits per heavy atom. The molecule has 0 aliphatic heterocycles. The standard InChI is InChI=1S/C25H23N5O2S/c1-17-7-5-9-19(13-17)28-24(32)29-20-10-6-8-18(14-20)15-26-23(31)22-16-27-25(33)30(22)21-11-3-2-4-12-21/h2-14,16H,15H2,1H3,(H,26,31)(H,27,33)(H2,28,29,32). The molecular formula is C25H23N5O2S. The summed E-state index contributed by atoms with van der Waals surface area (Å²) >= 11 is 5.34. The molecule has 0 unspecified atom stereocenters. The van der Waals surface area contributed by atoms with Crippen LogP contribution in [0.25, 0.3) is 5.69 Å². The lowest BCUT2D eigenvalue weighted by Crippen LogP contribution is -2.25. The number of para-hydroxylation sites is 1. The van der Waals surface area contributed by atoms with Gasteiger partial charge >= 0.3 is 6.03 Å². The summed E-state index contributed by atoms with van der Waals surface area (Å²) in [5.41, 5.74) is 4.47. The van der Waals surface area contributed by atoms with E-state index >= 15 is 0 Å². The molecule has 0 saturated carbocycles. The van der Waals surface area contributed by atoms with Gasteiger partial charge in [-0.1, -0.05) is 42.5 Å². The fourth-order valence-corrected chi connectivity index (χ4v) is 3.68. The summed E-state index contributed by atoms with van der Waals surface area (Å²) in [6.45, 7) is 2.26. The van der Waals surface area contributed by atoms with Crippen molar-refractivity contribution in [3.8, 4) is 5.69 Å². The summed E-state index contributed by atoms with van der Waals surface area (Å²) in [6.07, 6.45) is 1.60. The third-order valence-electron chi connectivity index (χ3n) is 4.94. The van der Waals surface area contributed by atoms with Gasteiger partial charge in [0.15, 0.2) is 4.77 Å². The van der Waals surface area contributed by atoms with Crippen molar-refractivity contribution in [1.82, 2.24) is 14.9 Å². The Hall–Kier alpha value is -4.17. The number of anilines is 2. The van der Waals surface area contributed by atoms with E-state index in [0.29, 0.717) is 22.7 Å². The zero-order valence-corrected chi connectivity index (χ0v) is 18.8. The van der Waals surface area contributed by atoms with Gasteiger partial charge in [0.1, 0.15) is 5.69 Å². The lowest BCUT2D eigenvalue weighted by atomic mass is 10.2. The lowest BCUT2D eigenvalue weighted by Gasteiger charge is -2.11. The maximum atomic E-state index is 12.8. The molecule has 0 radical (unpaired) electrons. The van der Waals surface area contributed by atoms with Crippen molar-refractivity contribution in [3.63, 3.8) is 0 Å². The second-order valence-electron chi connectivity index (χ2n) is 7.48. The third-order valence-corrected chi connectivity index (χ3v) is 5.24. The summed E-state index contributed by atoms with van der Waals surface area (Å²) in [6, 6.07) is 24.0. The molecule has 3 aromatic carbocycles. The third kappa shape index (κ3) is 5.55. The fraction of sp³-hybridized carbons (Fsp3) is 0.0800. The van der Waals surface area contributed by atoms with Crippen molar-refractivity contribution in [3.05, 3.63) is 107 Å². The van der Waals surface area contributed by atoms with Gasteiger partial charge in [-0.25, -0.2) is 4.79 Å². The molecule has 166 valence electrons. The van der Waals surface area contributed by atoms with E-state index in [1.54, 1.807) is 16.8 Å². The Balaban J connectivity index is 1.40. The number of rotatable bonds is 6. The Bertz CT molecular complexity index is 1340. The molecule has 8 heteroatoms. The predicted octanol–water partition coefficient (Wildman–Crippen LogP) is 5.42. The van der Waals surface area contributed by atoms with E-state index in [0.717, 1.165) is 22.5 Å².